The summed E-state index contributed by atoms with van der Waals surface area (Å²) < 4.78 is 0. The van der Waals surface area contributed by atoms with E-state index in [1.54, 1.807) is 0 Å². The molecule has 0 aliphatic rings. The fraction of sp³-hybridized carbons (Fsp3) is 1.00. The molecule has 0 aliphatic heterocycles. The second kappa shape index (κ2) is 16.8. The highest BCUT2D eigenvalue weighted by atomic mass is 15.2. The topological polar surface area (TPSA) is 6.48 Å². The van der Waals surface area contributed by atoms with Gasteiger partial charge < -0.3 is 9.62 Å². The molecule has 0 amide bonds. The van der Waals surface area contributed by atoms with Gasteiger partial charge in [-0.25, -0.2) is 0 Å². The van der Waals surface area contributed by atoms with E-state index in [0.29, 0.717) is 6.98 Å². The van der Waals surface area contributed by atoms with E-state index in [9.17, 15) is 0 Å². The van der Waals surface area contributed by atoms with Gasteiger partial charge in [0, 0.05) is 0 Å². The van der Waals surface area contributed by atoms with Crippen LogP contribution in [0, 0.1) is 0 Å². The van der Waals surface area contributed by atoms with Gasteiger partial charge in [-0.2, -0.15) is 0 Å². The molecule has 0 radical (unpaired) electrons. The maximum atomic E-state index is 2.83. The van der Waals surface area contributed by atoms with Gasteiger partial charge in [-0.15, -0.1) is 0 Å². The van der Waals surface area contributed by atoms with Crippen molar-refractivity contribution in [1.29, 1.82) is 0 Å². The molecule has 0 unspecified atom stereocenters. The summed E-state index contributed by atoms with van der Waals surface area (Å²) in [5.41, 5.74) is 0. The molecule has 0 aromatic rings. The van der Waals surface area contributed by atoms with Crippen LogP contribution in [0.3, 0.4) is 0 Å². The first-order valence-electron chi connectivity index (χ1n) is 10.7. The van der Waals surface area contributed by atoms with Crippen molar-refractivity contribution in [1.82, 2.24) is 9.62 Å². The van der Waals surface area contributed by atoms with E-state index in [1.165, 1.54) is 96.7 Å². The third-order valence-electron chi connectivity index (χ3n) is 4.85. The molecule has 3 heteroatoms. The predicted molar refractivity (Wildman–Crippen MR) is 108 cm³/mol. The molecule has 138 valence electrons. The van der Waals surface area contributed by atoms with Crippen molar-refractivity contribution in [3.8, 4) is 0 Å². The van der Waals surface area contributed by atoms with Crippen LogP contribution in [0.25, 0.3) is 0 Å². The van der Waals surface area contributed by atoms with Gasteiger partial charge in [0.25, 0.3) is 0 Å². The molecule has 0 saturated carbocycles. The van der Waals surface area contributed by atoms with Gasteiger partial charge in [-0.1, -0.05) is 73.1 Å². The van der Waals surface area contributed by atoms with Crippen molar-refractivity contribution in [3.63, 3.8) is 0 Å². The highest BCUT2D eigenvalue weighted by molar-refractivity contribution is 6.52. The van der Waals surface area contributed by atoms with E-state index in [0.717, 1.165) is 0 Å². The Labute approximate surface area is 148 Å². The quantitative estimate of drug-likeness (QED) is 0.299. The van der Waals surface area contributed by atoms with Crippen molar-refractivity contribution in [2.75, 3.05) is 26.2 Å². The molecule has 0 saturated heterocycles. The molecule has 2 nitrogen and oxygen atoms in total. The lowest BCUT2D eigenvalue weighted by atomic mass is 9.65. The van der Waals surface area contributed by atoms with E-state index in [-0.39, 0.29) is 0 Å². The van der Waals surface area contributed by atoms with Gasteiger partial charge in [0.2, 0.25) is 0 Å². The zero-order valence-electron chi connectivity index (χ0n) is 17.1. The zero-order chi connectivity index (χ0) is 17.3. The first-order chi connectivity index (χ1) is 11.2. The van der Waals surface area contributed by atoms with Crippen molar-refractivity contribution < 1.29 is 0 Å². The van der Waals surface area contributed by atoms with Gasteiger partial charge in [0.15, 0.2) is 0 Å². The third-order valence-corrected chi connectivity index (χ3v) is 4.85. The highest BCUT2D eigenvalue weighted by Gasteiger charge is 2.28. The van der Waals surface area contributed by atoms with Crippen LogP contribution >= 0.6 is 0 Å². The normalized spacial score (nSPS) is 11.6. The Morgan fingerprint density at radius 3 is 1.04 bits per heavy atom. The minimum atomic E-state index is 0.686. The molecule has 0 aliphatic carbocycles. The Bertz CT molecular complexity index is 200. The van der Waals surface area contributed by atoms with Crippen LogP contribution in [-0.4, -0.2) is 42.8 Å². The molecular weight excluding hydrogens is 279 g/mol. The smallest absolute Gasteiger partial charge is 0.310 e. The summed E-state index contributed by atoms with van der Waals surface area (Å²) in [5, 5.41) is 0. The fourth-order valence-corrected chi connectivity index (χ4v) is 3.25. The minimum Gasteiger partial charge on any atom is -0.328 e. The van der Waals surface area contributed by atoms with Crippen LogP contribution in [0.1, 0.15) is 98.8 Å². The molecule has 0 aromatic carbocycles. The molecule has 0 fully saturated rings. The van der Waals surface area contributed by atoms with E-state index >= 15 is 0 Å². The summed E-state index contributed by atoms with van der Waals surface area (Å²) in [7, 11) is 0. The summed E-state index contributed by atoms with van der Waals surface area (Å²) in [5.74, 6) is 0. The molecule has 0 rings (SSSR count). The standard InChI is InChI=1S/C20H45BN2/c1-6-11-16-21(22(17-12-7-2)18-13-8-3)23(19-14-9-4)20-15-10-5/h6-20H2,1-5H3. The first kappa shape index (κ1) is 23.0. The molecule has 0 spiro atoms. The van der Waals surface area contributed by atoms with Gasteiger partial charge in [0.05, 0.1) is 0 Å². The summed E-state index contributed by atoms with van der Waals surface area (Å²) >= 11 is 0. The van der Waals surface area contributed by atoms with Crippen LogP contribution in [-0.2, 0) is 0 Å². The maximum absolute atomic E-state index is 2.83. The molecule has 23 heavy (non-hydrogen) atoms. The van der Waals surface area contributed by atoms with E-state index in [1.807, 2.05) is 0 Å². The monoisotopic (exact) mass is 324 g/mol. The Balaban J connectivity index is 4.97. The number of unbranched alkanes of at least 4 members (excludes halogenated alkanes) is 5. The van der Waals surface area contributed by atoms with Crippen molar-refractivity contribution in [2.24, 2.45) is 0 Å². The molecule has 0 N–H and O–H groups in total. The molecule has 0 atom stereocenters. The SMILES string of the molecule is CCCCB(N(CCCC)CCCC)N(CCCC)CCCC. The first-order valence-corrected chi connectivity index (χ1v) is 10.7. The lowest BCUT2D eigenvalue weighted by molar-refractivity contribution is 0.322. The molecule has 0 aromatic heterocycles. The molecular formula is C20H45BN2. The number of hydrogen-bond acceptors (Lipinski definition) is 2. The summed E-state index contributed by atoms with van der Waals surface area (Å²) in [6.07, 6.45) is 14.7. The van der Waals surface area contributed by atoms with Crippen LogP contribution in [0.5, 0.6) is 0 Å². The average Bonchev–Trinajstić information content (AvgIpc) is 2.57. The molecule has 0 heterocycles. The van der Waals surface area contributed by atoms with E-state index < -0.39 is 0 Å². The lowest BCUT2D eigenvalue weighted by Crippen LogP contribution is -2.54. The Morgan fingerprint density at radius 1 is 0.478 bits per heavy atom. The zero-order valence-corrected chi connectivity index (χ0v) is 17.1. The number of hydrogen-bond donors (Lipinski definition) is 0. The summed E-state index contributed by atoms with van der Waals surface area (Å²) in [6.45, 7) is 17.5. The average molecular weight is 324 g/mol. The van der Waals surface area contributed by atoms with Crippen molar-refractivity contribution in [3.05, 3.63) is 0 Å². The Morgan fingerprint density at radius 2 is 0.783 bits per heavy atom. The minimum absolute atomic E-state index is 0.686. The maximum Gasteiger partial charge on any atom is 0.310 e. The second-order valence-corrected chi connectivity index (χ2v) is 7.11. The van der Waals surface area contributed by atoms with Crippen LogP contribution in [0.4, 0.5) is 0 Å². The van der Waals surface area contributed by atoms with Crippen LogP contribution < -0.4 is 0 Å². The van der Waals surface area contributed by atoms with Crippen LogP contribution in [0.2, 0.25) is 6.32 Å². The predicted octanol–water partition coefficient (Wildman–Crippen LogP) is 6.08. The fourth-order valence-electron chi connectivity index (χ4n) is 3.25. The number of nitrogens with zero attached hydrogens (tertiary/aromatic N) is 2. The molecule has 0 bridgehead atoms. The van der Waals surface area contributed by atoms with Gasteiger partial charge in [0.1, 0.15) is 0 Å². The Kier molecular flexibility index (Phi) is 16.8. The summed E-state index contributed by atoms with van der Waals surface area (Å²) in [4.78, 5) is 5.65. The summed E-state index contributed by atoms with van der Waals surface area (Å²) in [6, 6.07) is 0. The number of rotatable bonds is 17. The van der Waals surface area contributed by atoms with E-state index in [4.69, 9.17) is 0 Å². The lowest BCUT2D eigenvalue weighted by Gasteiger charge is -2.37. The van der Waals surface area contributed by atoms with Gasteiger partial charge in [-0.05, 0) is 58.2 Å². The third kappa shape index (κ3) is 11.2. The Hall–Kier alpha value is -0.0151. The van der Waals surface area contributed by atoms with Crippen molar-refractivity contribution >= 4 is 6.98 Å². The largest absolute Gasteiger partial charge is 0.328 e. The van der Waals surface area contributed by atoms with Gasteiger partial charge in [-0.3, -0.25) is 0 Å². The second-order valence-electron chi connectivity index (χ2n) is 7.11. The van der Waals surface area contributed by atoms with Crippen LogP contribution in [0.15, 0.2) is 0 Å². The van der Waals surface area contributed by atoms with Crippen molar-refractivity contribution in [2.45, 2.75) is 105 Å². The highest BCUT2D eigenvalue weighted by Crippen LogP contribution is 2.15. The van der Waals surface area contributed by atoms with E-state index in [2.05, 4.69) is 44.2 Å². The van der Waals surface area contributed by atoms with Gasteiger partial charge >= 0.3 is 6.98 Å².